The predicted molar refractivity (Wildman–Crippen MR) is 80.3 cm³/mol. The van der Waals surface area contributed by atoms with Gasteiger partial charge in [-0.05, 0) is 18.6 Å². The monoisotopic (exact) mass is 314 g/mol. The molecule has 1 aromatic carbocycles. The molecular weight excluding hydrogens is 303 g/mol. The molecule has 19 heavy (non-hydrogen) atoms. The highest BCUT2D eigenvalue weighted by atomic mass is 35.5. The number of nitrogens with two attached hydrogens (primary N) is 1. The van der Waals surface area contributed by atoms with E-state index >= 15 is 0 Å². The number of rotatable bonds is 1. The summed E-state index contributed by atoms with van der Waals surface area (Å²) in [5, 5.41) is 2.04. The fourth-order valence-electron chi connectivity index (χ4n) is 2.29. The molecular formula is C13H12Cl2N2OS. The molecule has 1 aromatic heterocycles. The number of nitrogens with zero attached hydrogens (tertiary/aromatic N) is 1. The number of likely N-dealkylation sites (tertiary alicyclic amines) is 1. The van der Waals surface area contributed by atoms with Gasteiger partial charge in [0.25, 0.3) is 5.91 Å². The van der Waals surface area contributed by atoms with Crippen molar-refractivity contribution < 1.29 is 4.79 Å². The van der Waals surface area contributed by atoms with Gasteiger partial charge in [-0.15, -0.1) is 11.3 Å². The molecule has 1 aliphatic heterocycles. The van der Waals surface area contributed by atoms with Crippen molar-refractivity contribution in [2.45, 2.75) is 12.5 Å². The van der Waals surface area contributed by atoms with Gasteiger partial charge >= 0.3 is 0 Å². The van der Waals surface area contributed by atoms with Crippen LogP contribution in [-0.4, -0.2) is 29.9 Å². The maximum absolute atomic E-state index is 12.4. The normalized spacial score (nSPS) is 19.3. The number of hydrogen-bond acceptors (Lipinski definition) is 3. The van der Waals surface area contributed by atoms with Crippen LogP contribution in [0, 0.1) is 0 Å². The number of hydrogen-bond donors (Lipinski definition) is 1. The van der Waals surface area contributed by atoms with E-state index in [0.29, 0.717) is 28.0 Å². The van der Waals surface area contributed by atoms with Crippen molar-refractivity contribution in [2.75, 3.05) is 13.1 Å². The zero-order valence-corrected chi connectivity index (χ0v) is 12.4. The molecule has 0 saturated carbocycles. The molecule has 0 radical (unpaired) electrons. The minimum absolute atomic E-state index is 0.0322. The van der Waals surface area contributed by atoms with E-state index in [2.05, 4.69) is 0 Å². The summed E-state index contributed by atoms with van der Waals surface area (Å²) in [7, 11) is 0. The third-order valence-corrected chi connectivity index (χ3v) is 5.18. The summed E-state index contributed by atoms with van der Waals surface area (Å²) in [6, 6.07) is 5.54. The molecule has 1 aliphatic rings. The standard InChI is InChI=1S/C13H12Cl2N2OS/c14-7-1-2-9-10(5-7)19-12(11(9)15)13(18)17-4-3-8(16)6-17/h1-2,5,8H,3-4,6,16H2/t8-/m0/s1. The van der Waals surface area contributed by atoms with Crippen molar-refractivity contribution in [3.05, 3.63) is 33.1 Å². The van der Waals surface area contributed by atoms with E-state index in [4.69, 9.17) is 28.9 Å². The van der Waals surface area contributed by atoms with E-state index in [0.717, 1.165) is 16.5 Å². The second-order valence-electron chi connectivity index (χ2n) is 4.69. The van der Waals surface area contributed by atoms with Crippen molar-refractivity contribution in [1.29, 1.82) is 0 Å². The summed E-state index contributed by atoms with van der Waals surface area (Å²) in [5.74, 6) is -0.0322. The average molecular weight is 315 g/mol. The molecule has 3 nitrogen and oxygen atoms in total. The summed E-state index contributed by atoms with van der Waals surface area (Å²) in [6.45, 7) is 1.30. The highest BCUT2D eigenvalue weighted by Crippen LogP contribution is 2.37. The average Bonchev–Trinajstić information content (AvgIpc) is 2.93. The zero-order chi connectivity index (χ0) is 13.6. The summed E-state index contributed by atoms with van der Waals surface area (Å²) >= 11 is 13.7. The lowest BCUT2D eigenvalue weighted by Crippen LogP contribution is -2.31. The molecule has 1 atom stereocenters. The third-order valence-electron chi connectivity index (χ3n) is 3.30. The number of carbonyl (C=O) groups excluding carboxylic acids is 1. The van der Waals surface area contributed by atoms with Crippen LogP contribution in [0.5, 0.6) is 0 Å². The maximum Gasteiger partial charge on any atom is 0.265 e. The van der Waals surface area contributed by atoms with Crippen LogP contribution in [0.25, 0.3) is 10.1 Å². The lowest BCUT2D eigenvalue weighted by molar-refractivity contribution is 0.0796. The molecule has 3 rings (SSSR count). The molecule has 1 amide bonds. The van der Waals surface area contributed by atoms with Crippen LogP contribution in [-0.2, 0) is 0 Å². The van der Waals surface area contributed by atoms with Gasteiger partial charge in [0.2, 0.25) is 0 Å². The first-order chi connectivity index (χ1) is 9.06. The van der Waals surface area contributed by atoms with Crippen molar-refractivity contribution in [3.63, 3.8) is 0 Å². The molecule has 0 aliphatic carbocycles. The predicted octanol–water partition coefficient (Wildman–Crippen LogP) is 3.38. The summed E-state index contributed by atoms with van der Waals surface area (Å²) in [6.07, 6.45) is 0.847. The van der Waals surface area contributed by atoms with Crippen LogP contribution in [0.4, 0.5) is 0 Å². The van der Waals surface area contributed by atoms with Gasteiger partial charge in [0.05, 0.1) is 5.02 Å². The van der Waals surface area contributed by atoms with Gasteiger partial charge in [0.15, 0.2) is 0 Å². The number of halogens is 2. The van der Waals surface area contributed by atoms with Crippen molar-refractivity contribution in [1.82, 2.24) is 4.90 Å². The Balaban J connectivity index is 2.00. The summed E-state index contributed by atoms with van der Waals surface area (Å²) < 4.78 is 0.935. The lowest BCUT2D eigenvalue weighted by atomic mass is 10.2. The lowest BCUT2D eigenvalue weighted by Gasteiger charge is -2.14. The minimum atomic E-state index is -0.0322. The Bertz CT molecular complexity index is 655. The van der Waals surface area contributed by atoms with Crippen LogP contribution in [0.3, 0.4) is 0 Å². The topological polar surface area (TPSA) is 46.3 Å². The molecule has 0 unspecified atom stereocenters. The second-order valence-corrected chi connectivity index (χ2v) is 6.55. The molecule has 0 spiro atoms. The Morgan fingerprint density at radius 3 is 2.89 bits per heavy atom. The van der Waals surface area contributed by atoms with Crippen molar-refractivity contribution >= 4 is 50.5 Å². The van der Waals surface area contributed by atoms with Gasteiger partial charge < -0.3 is 10.6 Å². The van der Waals surface area contributed by atoms with Crippen LogP contribution in [0.15, 0.2) is 18.2 Å². The smallest absolute Gasteiger partial charge is 0.265 e. The molecule has 2 N–H and O–H groups in total. The number of amides is 1. The Morgan fingerprint density at radius 1 is 1.42 bits per heavy atom. The second kappa shape index (κ2) is 4.94. The fourth-order valence-corrected chi connectivity index (χ4v) is 4.05. The first kappa shape index (κ1) is 13.2. The third kappa shape index (κ3) is 2.34. The van der Waals surface area contributed by atoms with E-state index in [1.54, 1.807) is 11.0 Å². The Labute approximate surface area is 124 Å². The Morgan fingerprint density at radius 2 is 2.21 bits per heavy atom. The largest absolute Gasteiger partial charge is 0.336 e. The highest BCUT2D eigenvalue weighted by Gasteiger charge is 2.27. The molecule has 2 heterocycles. The minimum Gasteiger partial charge on any atom is -0.336 e. The highest BCUT2D eigenvalue weighted by molar-refractivity contribution is 7.21. The van der Waals surface area contributed by atoms with Crippen molar-refractivity contribution in [3.8, 4) is 0 Å². The van der Waals surface area contributed by atoms with Gasteiger partial charge in [-0.2, -0.15) is 0 Å². The van der Waals surface area contributed by atoms with Gasteiger partial charge in [0, 0.05) is 34.2 Å². The molecule has 0 bridgehead atoms. The summed E-state index contributed by atoms with van der Waals surface area (Å²) in [5.41, 5.74) is 5.83. The molecule has 1 saturated heterocycles. The van der Waals surface area contributed by atoms with Gasteiger partial charge in [-0.3, -0.25) is 4.79 Å². The van der Waals surface area contributed by atoms with Crippen molar-refractivity contribution in [2.24, 2.45) is 5.73 Å². The SMILES string of the molecule is N[C@H]1CCN(C(=O)c2sc3cc(Cl)ccc3c2Cl)C1. The van der Waals surface area contributed by atoms with Crippen LogP contribution in [0.1, 0.15) is 16.1 Å². The first-order valence-electron chi connectivity index (χ1n) is 5.98. The number of thiophene rings is 1. The van der Waals surface area contributed by atoms with Gasteiger partial charge in [-0.1, -0.05) is 29.3 Å². The van der Waals surface area contributed by atoms with E-state index in [1.165, 1.54) is 11.3 Å². The van der Waals surface area contributed by atoms with Gasteiger partial charge in [0.1, 0.15) is 4.88 Å². The molecule has 6 heteroatoms. The van der Waals surface area contributed by atoms with Crippen LogP contribution < -0.4 is 5.73 Å². The van der Waals surface area contributed by atoms with Crippen LogP contribution in [0.2, 0.25) is 10.0 Å². The first-order valence-corrected chi connectivity index (χ1v) is 7.56. The maximum atomic E-state index is 12.4. The van der Waals surface area contributed by atoms with E-state index < -0.39 is 0 Å². The Hall–Kier alpha value is -0.810. The number of fused-ring (bicyclic) bond motifs is 1. The Kier molecular flexibility index (Phi) is 3.43. The molecule has 1 fully saturated rings. The molecule has 100 valence electrons. The number of benzene rings is 1. The van der Waals surface area contributed by atoms with E-state index in [-0.39, 0.29) is 11.9 Å². The van der Waals surface area contributed by atoms with Gasteiger partial charge in [-0.25, -0.2) is 0 Å². The van der Waals surface area contributed by atoms with E-state index in [9.17, 15) is 4.79 Å². The quantitative estimate of drug-likeness (QED) is 0.877. The summed E-state index contributed by atoms with van der Waals surface area (Å²) in [4.78, 5) is 14.8. The van der Waals surface area contributed by atoms with E-state index in [1.807, 2.05) is 12.1 Å². The number of carbonyl (C=O) groups is 1. The van der Waals surface area contributed by atoms with Crippen LogP contribution >= 0.6 is 34.5 Å². The fraction of sp³-hybridized carbons (Fsp3) is 0.308. The molecule has 2 aromatic rings. The zero-order valence-electron chi connectivity index (χ0n) is 10.0.